The quantitative estimate of drug-likeness (QED) is 0.175. The van der Waals surface area contributed by atoms with Crippen molar-refractivity contribution < 1.29 is 18.9 Å². The predicted octanol–water partition coefficient (Wildman–Crippen LogP) is 5.81. The van der Waals surface area contributed by atoms with E-state index in [1.807, 2.05) is 24.3 Å². The molecule has 0 bridgehead atoms. The summed E-state index contributed by atoms with van der Waals surface area (Å²) in [6, 6.07) is 18.9. The number of carbonyl (C=O) groups excluding carboxylic acids is 1. The third-order valence-electron chi connectivity index (χ3n) is 5.63. The number of nitrogens with zero attached hydrogens (tertiary/aromatic N) is 2. The fourth-order valence-corrected chi connectivity index (χ4v) is 3.71. The van der Waals surface area contributed by atoms with Crippen LogP contribution in [0.15, 0.2) is 71.1 Å². The van der Waals surface area contributed by atoms with Gasteiger partial charge in [-0.15, -0.1) is 0 Å². The molecule has 10 heteroatoms. The summed E-state index contributed by atoms with van der Waals surface area (Å²) in [6.07, 6.45) is 1.05. The average molecular weight is 505 g/mol. The first-order chi connectivity index (χ1) is 17.3. The number of rotatable bonds is 8. The van der Waals surface area contributed by atoms with Crippen LogP contribution < -0.4 is 15.4 Å². The molecular formula is C26H24N4O5S. The number of ether oxygens (including phenoxy) is 1. The second kappa shape index (κ2) is 11.0. The Kier molecular flexibility index (Phi) is 7.55. The second-order valence-electron chi connectivity index (χ2n) is 8.18. The standard InChI is InChI=1S/C26H24N4O5S/c1-3-16(2)17-7-12-23-22(14-17)28-25(35-23)18-5-4-6-19(13-18)27-26(36)29-24(31)15-34-21-10-8-20(9-11-21)30(32)33/h4-14,16H,3,15H2,1-2H3,(H2,27,29,31,36)/t16-/m0/s1. The summed E-state index contributed by atoms with van der Waals surface area (Å²) in [4.78, 5) is 27.0. The largest absolute Gasteiger partial charge is 0.484 e. The lowest BCUT2D eigenvalue weighted by Gasteiger charge is -2.11. The van der Waals surface area contributed by atoms with Crippen molar-refractivity contribution in [2.24, 2.45) is 0 Å². The summed E-state index contributed by atoms with van der Waals surface area (Å²) >= 11 is 5.24. The number of anilines is 1. The molecule has 0 aliphatic heterocycles. The molecule has 2 N–H and O–H groups in total. The Hall–Kier alpha value is -4.31. The zero-order valence-electron chi connectivity index (χ0n) is 19.7. The highest BCUT2D eigenvalue weighted by Crippen LogP contribution is 2.29. The molecule has 0 unspecified atom stereocenters. The van der Waals surface area contributed by atoms with E-state index in [0.717, 1.165) is 17.5 Å². The number of non-ortho nitro benzene ring substituents is 1. The van der Waals surface area contributed by atoms with Crippen molar-refractivity contribution in [3.8, 4) is 17.2 Å². The van der Waals surface area contributed by atoms with Gasteiger partial charge in [-0.05, 0) is 72.6 Å². The van der Waals surface area contributed by atoms with Crippen LogP contribution in [0.4, 0.5) is 11.4 Å². The molecule has 4 rings (SSSR count). The summed E-state index contributed by atoms with van der Waals surface area (Å²) in [5, 5.41) is 16.3. The molecule has 1 aromatic heterocycles. The maximum absolute atomic E-state index is 12.2. The average Bonchev–Trinajstić information content (AvgIpc) is 3.31. The summed E-state index contributed by atoms with van der Waals surface area (Å²) in [5.41, 5.74) is 4.09. The van der Waals surface area contributed by atoms with Gasteiger partial charge in [0.2, 0.25) is 5.89 Å². The van der Waals surface area contributed by atoms with Crippen molar-refractivity contribution >= 4 is 45.7 Å². The van der Waals surface area contributed by atoms with E-state index in [-0.39, 0.29) is 17.4 Å². The number of amides is 1. The number of nitro benzene ring substituents is 1. The highest BCUT2D eigenvalue weighted by molar-refractivity contribution is 7.80. The number of nitrogens with one attached hydrogen (secondary N) is 2. The summed E-state index contributed by atoms with van der Waals surface area (Å²) in [6.45, 7) is 4.03. The van der Waals surface area contributed by atoms with Gasteiger partial charge in [0.15, 0.2) is 17.3 Å². The maximum atomic E-state index is 12.2. The van der Waals surface area contributed by atoms with Crippen molar-refractivity contribution in [1.29, 1.82) is 0 Å². The topological polar surface area (TPSA) is 120 Å². The van der Waals surface area contributed by atoms with E-state index in [0.29, 0.717) is 28.8 Å². The summed E-state index contributed by atoms with van der Waals surface area (Å²) < 4.78 is 11.3. The number of oxazole rings is 1. The van der Waals surface area contributed by atoms with E-state index in [1.165, 1.54) is 29.8 Å². The normalized spacial score (nSPS) is 11.6. The molecule has 1 atom stereocenters. The molecule has 1 amide bonds. The molecule has 9 nitrogen and oxygen atoms in total. The molecule has 36 heavy (non-hydrogen) atoms. The molecule has 0 saturated heterocycles. The van der Waals surface area contributed by atoms with Crippen LogP contribution in [-0.2, 0) is 4.79 Å². The van der Waals surface area contributed by atoms with Crippen molar-refractivity contribution in [2.45, 2.75) is 26.2 Å². The molecule has 0 saturated carbocycles. The van der Waals surface area contributed by atoms with Gasteiger partial charge in [0.25, 0.3) is 11.6 Å². The van der Waals surface area contributed by atoms with Crippen LogP contribution in [0.3, 0.4) is 0 Å². The lowest BCUT2D eigenvalue weighted by atomic mass is 9.98. The van der Waals surface area contributed by atoms with Crippen LogP contribution in [0.2, 0.25) is 0 Å². The molecular weight excluding hydrogens is 480 g/mol. The third kappa shape index (κ3) is 6.02. The molecule has 0 spiro atoms. The lowest BCUT2D eigenvalue weighted by molar-refractivity contribution is -0.384. The Morgan fingerprint density at radius 1 is 1.17 bits per heavy atom. The molecule has 0 fully saturated rings. The first-order valence-electron chi connectivity index (χ1n) is 11.3. The maximum Gasteiger partial charge on any atom is 0.269 e. The van der Waals surface area contributed by atoms with Crippen molar-refractivity contribution in [3.63, 3.8) is 0 Å². The minimum atomic E-state index is -0.510. The van der Waals surface area contributed by atoms with Crippen LogP contribution in [-0.4, -0.2) is 27.5 Å². The van der Waals surface area contributed by atoms with E-state index in [1.54, 1.807) is 6.07 Å². The zero-order chi connectivity index (χ0) is 25.7. The predicted molar refractivity (Wildman–Crippen MR) is 141 cm³/mol. The fraction of sp³-hybridized carbons (Fsp3) is 0.192. The number of nitro groups is 1. The van der Waals surface area contributed by atoms with E-state index in [2.05, 4.69) is 41.6 Å². The Morgan fingerprint density at radius 3 is 2.67 bits per heavy atom. The van der Waals surface area contributed by atoms with Crippen molar-refractivity contribution in [2.75, 3.05) is 11.9 Å². The number of hydrogen-bond donors (Lipinski definition) is 2. The molecule has 184 valence electrons. The zero-order valence-corrected chi connectivity index (χ0v) is 20.5. The molecule has 1 heterocycles. The Bertz CT molecular complexity index is 1420. The van der Waals surface area contributed by atoms with Gasteiger partial charge < -0.3 is 14.5 Å². The number of benzene rings is 3. The second-order valence-corrected chi connectivity index (χ2v) is 8.59. The molecule has 4 aromatic rings. The van der Waals surface area contributed by atoms with E-state index in [4.69, 9.17) is 21.4 Å². The van der Waals surface area contributed by atoms with Crippen LogP contribution >= 0.6 is 12.2 Å². The van der Waals surface area contributed by atoms with Gasteiger partial charge in [0.1, 0.15) is 11.3 Å². The van der Waals surface area contributed by atoms with Crippen molar-refractivity contribution in [1.82, 2.24) is 10.3 Å². The van der Waals surface area contributed by atoms with Crippen LogP contribution in [0.1, 0.15) is 31.7 Å². The lowest BCUT2D eigenvalue weighted by Crippen LogP contribution is -2.37. The first-order valence-corrected chi connectivity index (χ1v) is 11.7. The molecule has 3 aromatic carbocycles. The van der Waals surface area contributed by atoms with E-state index < -0.39 is 10.8 Å². The number of hydrogen-bond acceptors (Lipinski definition) is 7. The Labute approximate surface area is 212 Å². The van der Waals surface area contributed by atoms with E-state index in [9.17, 15) is 14.9 Å². The van der Waals surface area contributed by atoms with Gasteiger partial charge in [0, 0.05) is 23.4 Å². The number of carbonyl (C=O) groups is 1. The van der Waals surface area contributed by atoms with Gasteiger partial charge in [-0.2, -0.15) is 0 Å². The van der Waals surface area contributed by atoms with Gasteiger partial charge in [-0.1, -0.05) is 26.0 Å². The Balaban J connectivity index is 1.36. The smallest absolute Gasteiger partial charge is 0.269 e. The highest BCUT2D eigenvalue weighted by atomic mass is 32.1. The summed E-state index contributed by atoms with van der Waals surface area (Å²) in [5.74, 6) is 0.786. The van der Waals surface area contributed by atoms with Crippen LogP contribution in [0, 0.1) is 10.1 Å². The number of aromatic nitrogens is 1. The molecule has 0 radical (unpaired) electrons. The number of thiocarbonyl (C=S) groups is 1. The minimum absolute atomic E-state index is 0.0619. The van der Waals surface area contributed by atoms with Crippen molar-refractivity contribution in [3.05, 3.63) is 82.4 Å². The van der Waals surface area contributed by atoms with Crippen LogP contribution in [0.5, 0.6) is 5.75 Å². The SMILES string of the molecule is CC[C@H](C)c1ccc2oc(-c3cccc(NC(=S)NC(=O)COc4ccc([N+](=O)[O-])cc4)c3)nc2c1. The number of fused-ring (bicyclic) bond motifs is 1. The third-order valence-corrected chi connectivity index (χ3v) is 5.83. The van der Waals surface area contributed by atoms with Gasteiger partial charge >= 0.3 is 0 Å². The van der Waals surface area contributed by atoms with E-state index >= 15 is 0 Å². The minimum Gasteiger partial charge on any atom is -0.484 e. The monoisotopic (exact) mass is 504 g/mol. The van der Waals surface area contributed by atoms with Gasteiger partial charge in [0.05, 0.1) is 4.92 Å². The fourth-order valence-electron chi connectivity index (χ4n) is 3.48. The van der Waals surface area contributed by atoms with Gasteiger partial charge in [-0.3, -0.25) is 20.2 Å². The van der Waals surface area contributed by atoms with Crippen LogP contribution in [0.25, 0.3) is 22.6 Å². The molecule has 0 aliphatic rings. The molecule has 0 aliphatic carbocycles. The Morgan fingerprint density at radius 2 is 1.94 bits per heavy atom. The first kappa shape index (κ1) is 24.8. The summed E-state index contributed by atoms with van der Waals surface area (Å²) in [7, 11) is 0. The highest BCUT2D eigenvalue weighted by Gasteiger charge is 2.13. The van der Waals surface area contributed by atoms with Gasteiger partial charge in [-0.25, -0.2) is 4.98 Å².